The highest BCUT2D eigenvalue weighted by atomic mass is 35.5. The number of benzene rings is 3. The van der Waals surface area contributed by atoms with Crippen LogP contribution in [0.2, 0.25) is 0 Å². The summed E-state index contributed by atoms with van der Waals surface area (Å²) in [7, 11) is 0. The zero-order chi connectivity index (χ0) is 20.3. The van der Waals surface area contributed by atoms with Crippen LogP contribution in [0.1, 0.15) is 64.3 Å². The third kappa shape index (κ3) is 3.76. The van der Waals surface area contributed by atoms with Crippen molar-refractivity contribution in [2.75, 3.05) is 0 Å². The Kier molecular flexibility index (Phi) is 6.30. The summed E-state index contributed by atoms with van der Waals surface area (Å²) >= 11 is 7.63. The van der Waals surface area contributed by atoms with Gasteiger partial charge in [-0.1, -0.05) is 74.0 Å². The Morgan fingerprint density at radius 3 is 1.68 bits per heavy atom. The van der Waals surface area contributed by atoms with E-state index >= 15 is 0 Å². The maximum absolute atomic E-state index is 7.63. The molecule has 0 saturated heterocycles. The van der Waals surface area contributed by atoms with E-state index in [2.05, 4.69) is 95.3 Å². The fourth-order valence-corrected chi connectivity index (χ4v) is 4.52. The molecule has 0 fully saturated rings. The summed E-state index contributed by atoms with van der Waals surface area (Å²) in [6.07, 6.45) is 3.56. The largest absolute Gasteiger partial charge is 0.120 e. The van der Waals surface area contributed by atoms with E-state index in [0.717, 1.165) is 12.0 Å². The molecule has 0 amide bonds. The van der Waals surface area contributed by atoms with E-state index in [1.54, 1.807) is 0 Å². The van der Waals surface area contributed by atoms with Gasteiger partial charge in [-0.25, -0.2) is 0 Å². The molecule has 0 unspecified atom stereocenters. The molecule has 146 valence electrons. The molecule has 0 heterocycles. The second-order valence-corrected chi connectivity index (χ2v) is 8.52. The van der Waals surface area contributed by atoms with Gasteiger partial charge in [0, 0.05) is 0 Å². The van der Waals surface area contributed by atoms with Crippen LogP contribution in [-0.2, 0) is 11.3 Å². The molecule has 0 spiro atoms. The average molecular weight is 391 g/mol. The van der Waals surface area contributed by atoms with Crippen LogP contribution in [0, 0.1) is 27.7 Å². The lowest BCUT2D eigenvalue weighted by Crippen LogP contribution is -2.25. The molecular formula is C27H31Cl. The maximum atomic E-state index is 7.63. The van der Waals surface area contributed by atoms with Gasteiger partial charge in [0.1, 0.15) is 4.87 Å². The first-order valence-electron chi connectivity index (χ1n) is 10.3. The Morgan fingerprint density at radius 2 is 1.21 bits per heavy atom. The van der Waals surface area contributed by atoms with Gasteiger partial charge >= 0.3 is 0 Å². The molecule has 1 heteroatoms. The van der Waals surface area contributed by atoms with Crippen molar-refractivity contribution >= 4 is 11.6 Å². The molecule has 0 aromatic heterocycles. The van der Waals surface area contributed by atoms with Gasteiger partial charge in [-0.2, -0.15) is 0 Å². The molecule has 0 N–H and O–H groups in total. The van der Waals surface area contributed by atoms with Crippen molar-refractivity contribution < 1.29 is 0 Å². The van der Waals surface area contributed by atoms with Crippen molar-refractivity contribution in [3.8, 4) is 0 Å². The molecule has 0 bridgehead atoms. The fraction of sp³-hybridized carbons (Fsp3) is 0.333. The van der Waals surface area contributed by atoms with Crippen molar-refractivity contribution in [1.29, 1.82) is 0 Å². The number of halogens is 1. The van der Waals surface area contributed by atoms with E-state index in [4.69, 9.17) is 11.6 Å². The lowest BCUT2D eigenvalue weighted by atomic mass is 9.78. The number of alkyl halides is 1. The summed E-state index contributed by atoms with van der Waals surface area (Å²) in [6, 6.07) is 21.9. The van der Waals surface area contributed by atoms with E-state index in [9.17, 15) is 0 Å². The predicted molar refractivity (Wildman–Crippen MR) is 123 cm³/mol. The van der Waals surface area contributed by atoms with Crippen molar-refractivity contribution in [3.63, 3.8) is 0 Å². The lowest BCUT2D eigenvalue weighted by molar-refractivity contribution is 0.792. The number of hydrogen-bond acceptors (Lipinski definition) is 0. The third-order valence-corrected chi connectivity index (χ3v) is 6.75. The van der Waals surface area contributed by atoms with Crippen LogP contribution in [0.15, 0.2) is 60.7 Å². The van der Waals surface area contributed by atoms with E-state index in [0.29, 0.717) is 0 Å². The Morgan fingerprint density at radius 1 is 0.714 bits per heavy atom. The van der Waals surface area contributed by atoms with Crippen molar-refractivity contribution in [3.05, 3.63) is 105 Å². The van der Waals surface area contributed by atoms with Gasteiger partial charge in [-0.05, 0) is 85.0 Å². The van der Waals surface area contributed by atoms with Crippen LogP contribution in [0.25, 0.3) is 0 Å². The summed E-state index contributed by atoms with van der Waals surface area (Å²) in [4.78, 5) is -0.699. The standard InChI is InChI=1S/C27H31Cl/c1-6-7-12-23-15-17-24(18-16-23)27(28,25-13-8-10-19(2)21(25)4)26-14-9-11-20(3)22(26)5/h8-11,13-18H,6-7,12H2,1-5H3. The van der Waals surface area contributed by atoms with E-state index in [-0.39, 0.29) is 0 Å². The Hall–Kier alpha value is -2.05. The van der Waals surface area contributed by atoms with Crippen LogP contribution in [0.3, 0.4) is 0 Å². The van der Waals surface area contributed by atoms with Gasteiger partial charge in [0.05, 0.1) is 0 Å². The molecule has 0 nitrogen and oxygen atoms in total. The minimum atomic E-state index is -0.699. The summed E-state index contributed by atoms with van der Waals surface area (Å²) in [5.41, 5.74) is 9.92. The molecule has 0 aliphatic carbocycles. The van der Waals surface area contributed by atoms with Gasteiger partial charge in [0.25, 0.3) is 0 Å². The highest BCUT2D eigenvalue weighted by molar-refractivity contribution is 6.28. The second kappa shape index (κ2) is 8.53. The second-order valence-electron chi connectivity index (χ2n) is 7.95. The first-order chi connectivity index (χ1) is 13.4. The Bertz CT molecular complexity index is 899. The van der Waals surface area contributed by atoms with Crippen LogP contribution < -0.4 is 0 Å². The van der Waals surface area contributed by atoms with Gasteiger partial charge in [0.15, 0.2) is 0 Å². The predicted octanol–water partition coefficient (Wildman–Crippen LogP) is 7.79. The SMILES string of the molecule is CCCCc1ccc(C(Cl)(c2cccc(C)c2C)c2cccc(C)c2C)cc1. The number of unbranched alkanes of at least 4 members (excludes halogenated alkanes) is 1. The monoisotopic (exact) mass is 390 g/mol. The van der Waals surface area contributed by atoms with Crippen molar-refractivity contribution in [1.82, 2.24) is 0 Å². The highest BCUT2D eigenvalue weighted by Crippen LogP contribution is 2.46. The molecule has 0 aliphatic heterocycles. The zero-order valence-corrected chi connectivity index (χ0v) is 18.5. The summed E-state index contributed by atoms with van der Waals surface area (Å²) in [5, 5.41) is 0. The van der Waals surface area contributed by atoms with E-state index in [1.807, 2.05) is 0 Å². The summed E-state index contributed by atoms with van der Waals surface area (Å²) < 4.78 is 0. The minimum Gasteiger partial charge on any atom is -0.104 e. The molecule has 3 aromatic carbocycles. The van der Waals surface area contributed by atoms with Crippen LogP contribution >= 0.6 is 11.6 Å². The zero-order valence-electron chi connectivity index (χ0n) is 17.8. The van der Waals surface area contributed by atoms with Gasteiger partial charge in [0.2, 0.25) is 0 Å². The van der Waals surface area contributed by atoms with Gasteiger partial charge in [-0.15, -0.1) is 11.6 Å². The topological polar surface area (TPSA) is 0 Å². The molecule has 0 saturated carbocycles. The normalized spacial score (nSPS) is 11.6. The molecule has 0 aliphatic rings. The maximum Gasteiger partial charge on any atom is 0.120 e. The fourth-order valence-electron chi connectivity index (χ4n) is 3.99. The quantitative estimate of drug-likeness (QED) is 0.297. The molecule has 3 rings (SSSR count). The van der Waals surface area contributed by atoms with Crippen LogP contribution in [0.5, 0.6) is 0 Å². The average Bonchev–Trinajstić information content (AvgIpc) is 2.70. The van der Waals surface area contributed by atoms with Crippen LogP contribution in [0.4, 0.5) is 0 Å². The number of rotatable bonds is 6. The van der Waals surface area contributed by atoms with E-state index in [1.165, 1.54) is 51.8 Å². The van der Waals surface area contributed by atoms with Crippen molar-refractivity contribution in [2.24, 2.45) is 0 Å². The molecule has 3 aromatic rings. The smallest absolute Gasteiger partial charge is 0.104 e. The Balaban J connectivity index is 2.23. The Labute approximate surface area is 175 Å². The number of hydrogen-bond donors (Lipinski definition) is 0. The van der Waals surface area contributed by atoms with Gasteiger partial charge in [-0.3, -0.25) is 0 Å². The van der Waals surface area contributed by atoms with Crippen molar-refractivity contribution in [2.45, 2.75) is 58.8 Å². The highest BCUT2D eigenvalue weighted by Gasteiger charge is 2.37. The minimum absolute atomic E-state index is 0.699. The molecule has 0 atom stereocenters. The molecule has 28 heavy (non-hydrogen) atoms. The van der Waals surface area contributed by atoms with Crippen LogP contribution in [-0.4, -0.2) is 0 Å². The number of aryl methyl sites for hydroxylation is 3. The van der Waals surface area contributed by atoms with Gasteiger partial charge < -0.3 is 0 Å². The first kappa shape index (κ1) is 20.7. The lowest BCUT2D eigenvalue weighted by Gasteiger charge is -2.33. The molecular weight excluding hydrogens is 360 g/mol. The summed E-state index contributed by atoms with van der Waals surface area (Å²) in [5.74, 6) is 0. The van der Waals surface area contributed by atoms with E-state index < -0.39 is 4.87 Å². The first-order valence-corrected chi connectivity index (χ1v) is 10.7. The summed E-state index contributed by atoms with van der Waals surface area (Å²) in [6.45, 7) is 10.9. The molecule has 0 radical (unpaired) electrons. The third-order valence-electron chi connectivity index (χ3n) is 6.12.